The Morgan fingerprint density at radius 2 is 1.90 bits per heavy atom. The number of rotatable bonds is 7. The van der Waals surface area contributed by atoms with Gasteiger partial charge in [0.05, 0.1) is 11.0 Å². The van der Waals surface area contributed by atoms with Crippen molar-refractivity contribution in [2.45, 2.75) is 26.9 Å². The Kier molecular flexibility index (Phi) is 6.21. The fourth-order valence-corrected chi connectivity index (χ4v) is 2.96. The van der Waals surface area contributed by atoms with Gasteiger partial charge in [0.2, 0.25) is 0 Å². The number of alkyl halides is 2. The molecule has 1 aromatic heterocycles. The predicted octanol–water partition coefficient (Wildman–Crippen LogP) is 4.14. The lowest BCUT2D eigenvalue weighted by Gasteiger charge is -2.17. The first-order chi connectivity index (χ1) is 13.9. The summed E-state index contributed by atoms with van der Waals surface area (Å²) in [5.41, 5.74) is 3.03. The number of nitrogens with zero attached hydrogens (tertiary/aromatic N) is 4. The first kappa shape index (κ1) is 20.4. The smallest absolute Gasteiger partial charge is 0.320 e. The highest BCUT2D eigenvalue weighted by Gasteiger charge is 2.20. The van der Waals surface area contributed by atoms with Crippen LogP contribution in [0.15, 0.2) is 53.7 Å². The molecule has 3 rings (SSSR count). The van der Waals surface area contributed by atoms with Crippen LogP contribution in [0.5, 0.6) is 0 Å². The molecule has 0 unspecified atom stereocenters. The standard InChI is InChI=1S/C21H22F2N4O2/c1-14-8-4-5-9-16(14)12-26(3)19(28)13-29-25-15(2)20-24-17-10-6-7-11-18(17)27(20)21(22)23/h4-11,21H,12-13H2,1-3H3/b25-15-. The molecular weight excluding hydrogens is 378 g/mol. The van der Waals surface area contributed by atoms with Gasteiger partial charge in [0.25, 0.3) is 5.91 Å². The molecule has 0 bridgehead atoms. The maximum absolute atomic E-state index is 13.5. The van der Waals surface area contributed by atoms with Crippen LogP contribution in [0, 0.1) is 6.92 Å². The molecule has 0 aliphatic carbocycles. The fourth-order valence-electron chi connectivity index (χ4n) is 2.96. The molecule has 0 saturated carbocycles. The van der Waals surface area contributed by atoms with Crippen molar-refractivity contribution in [3.05, 3.63) is 65.5 Å². The van der Waals surface area contributed by atoms with Crippen molar-refractivity contribution in [2.75, 3.05) is 13.7 Å². The average Bonchev–Trinajstić information content (AvgIpc) is 3.09. The van der Waals surface area contributed by atoms with E-state index in [4.69, 9.17) is 4.84 Å². The van der Waals surface area contributed by atoms with Gasteiger partial charge in [-0.3, -0.25) is 9.36 Å². The number of halogens is 2. The number of likely N-dealkylation sites (N-methyl/N-ethyl adjacent to an activating group) is 1. The first-order valence-corrected chi connectivity index (χ1v) is 9.09. The van der Waals surface area contributed by atoms with Crippen molar-refractivity contribution in [1.82, 2.24) is 14.5 Å². The lowest BCUT2D eigenvalue weighted by Crippen LogP contribution is -2.29. The number of imidazole rings is 1. The summed E-state index contributed by atoms with van der Waals surface area (Å²) in [6, 6.07) is 14.4. The van der Waals surface area contributed by atoms with Gasteiger partial charge in [-0.1, -0.05) is 41.6 Å². The van der Waals surface area contributed by atoms with Crippen molar-refractivity contribution >= 4 is 22.7 Å². The maximum atomic E-state index is 13.5. The molecule has 0 radical (unpaired) electrons. The summed E-state index contributed by atoms with van der Waals surface area (Å²) in [7, 11) is 1.67. The van der Waals surface area contributed by atoms with Gasteiger partial charge in [-0.2, -0.15) is 8.78 Å². The maximum Gasteiger partial charge on any atom is 0.320 e. The lowest BCUT2D eigenvalue weighted by molar-refractivity contribution is -0.135. The van der Waals surface area contributed by atoms with Gasteiger partial charge in [0.1, 0.15) is 5.71 Å². The molecule has 152 valence electrons. The molecular formula is C21H22F2N4O2. The number of para-hydroxylation sites is 2. The van der Waals surface area contributed by atoms with E-state index in [1.54, 1.807) is 31.3 Å². The number of amides is 1. The van der Waals surface area contributed by atoms with Crippen molar-refractivity contribution in [3.8, 4) is 0 Å². The summed E-state index contributed by atoms with van der Waals surface area (Å²) >= 11 is 0. The Morgan fingerprint density at radius 3 is 2.62 bits per heavy atom. The molecule has 0 fully saturated rings. The number of aromatic nitrogens is 2. The number of fused-ring (bicyclic) bond motifs is 1. The molecule has 29 heavy (non-hydrogen) atoms. The van der Waals surface area contributed by atoms with E-state index in [2.05, 4.69) is 10.1 Å². The summed E-state index contributed by atoms with van der Waals surface area (Å²) in [5, 5.41) is 3.83. The van der Waals surface area contributed by atoms with Crippen LogP contribution in [0.1, 0.15) is 30.4 Å². The third kappa shape index (κ3) is 4.59. The second-order valence-electron chi connectivity index (χ2n) is 6.70. The Labute approximate surface area is 167 Å². The van der Waals surface area contributed by atoms with Crippen LogP contribution in [0.3, 0.4) is 0 Å². The first-order valence-electron chi connectivity index (χ1n) is 9.09. The third-order valence-electron chi connectivity index (χ3n) is 4.60. The molecule has 2 aromatic carbocycles. The molecule has 3 aromatic rings. The fraction of sp³-hybridized carbons (Fsp3) is 0.286. The van der Waals surface area contributed by atoms with E-state index >= 15 is 0 Å². The normalized spacial score (nSPS) is 11.9. The molecule has 0 aliphatic heterocycles. The van der Waals surface area contributed by atoms with Crippen LogP contribution < -0.4 is 0 Å². The third-order valence-corrected chi connectivity index (χ3v) is 4.60. The summed E-state index contributed by atoms with van der Waals surface area (Å²) in [4.78, 5) is 23.2. The number of carbonyl (C=O) groups excluding carboxylic acids is 1. The highest BCUT2D eigenvalue weighted by atomic mass is 19.3. The molecule has 6 nitrogen and oxygen atoms in total. The van der Waals surface area contributed by atoms with Gasteiger partial charge < -0.3 is 9.74 Å². The molecule has 0 spiro atoms. The van der Waals surface area contributed by atoms with Crippen molar-refractivity contribution < 1.29 is 18.4 Å². The van der Waals surface area contributed by atoms with E-state index in [9.17, 15) is 13.6 Å². The molecule has 0 N–H and O–H groups in total. The van der Waals surface area contributed by atoms with Gasteiger partial charge in [0.15, 0.2) is 12.4 Å². The highest BCUT2D eigenvalue weighted by Crippen LogP contribution is 2.23. The van der Waals surface area contributed by atoms with Gasteiger partial charge in [-0.05, 0) is 37.1 Å². The monoisotopic (exact) mass is 400 g/mol. The van der Waals surface area contributed by atoms with Gasteiger partial charge in [0, 0.05) is 13.6 Å². The minimum absolute atomic E-state index is 0.00177. The van der Waals surface area contributed by atoms with E-state index in [-0.39, 0.29) is 24.1 Å². The Hall–Kier alpha value is -3.29. The SMILES string of the molecule is C/C(=N/OCC(=O)N(C)Cc1ccccc1C)c1nc2ccccc2n1C(F)F. The number of aryl methyl sites for hydroxylation is 1. The van der Waals surface area contributed by atoms with Crippen LogP contribution in [0.2, 0.25) is 0 Å². The number of carbonyl (C=O) groups is 1. The van der Waals surface area contributed by atoms with Gasteiger partial charge in [-0.25, -0.2) is 4.98 Å². The van der Waals surface area contributed by atoms with Crippen LogP contribution in [0.4, 0.5) is 8.78 Å². The minimum atomic E-state index is -2.77. The van der Waals surface area contributed by atoms with E-state index < -0.39 is 6.55 Å². The Bertz CT molecular complexity index is 1050. The number of oxime groups is 1. The quantitative estimate of drug-likeness (QED) is 0.442. The lowest BCUT2D eigenvalue weighted by atomic mass is 10.1. The Balaban J connectivity index is 1.67. The van der Waals surface area contributed by atoms with E-state index in [0.29, 0.717) is 17.6 Å². The zero-order valence-electron chi connectivity index (χ0n) is 16.5. The molecule has 1 amide bonds. The van der Waals surface area contributed by atoms with E-state index in [1.165, 1.54) is 11.8 Å². The minimum Gasteiger partial charge on any atom is -0.385 e. The number of hydrogen-bond acceptors (Lipinski definition) is 4. The van der Waals surface area contributed by atoms with Crippen molar-refractivity contribution in [2.24, 2.45) is 5.16 Å². The number of benzene rings is 2. The number of hydrogen-bond donors (Lipinski definition) is 0. The van der Waals surface area contributed by atoms with E-state index in [1.807, 2.05) is 31.2 Å². The van der Waals surface area contributed by atoms with E-state index in [0.717, 1.165) is 15.7 Å². The van der Waals surface area contributed by atoms with Crippen molar-refractivity contribution in [1.29, 1.82) is 0 Å². The largest absolute Gasteiger partial charge is 0.385 e. The van der Waals surface area contributed by atoms with Crippen LogP contribution >= 0.6 is 0 Å². The summed E-state index contributed by atoms with van der Waals surface area (Å²) in [5.74, 6) is -0.269. The van der Waals surface area contributed by atoms with Gasteiger partial charge >= 0.3 is 6.55 Å². The summed E-state index contributed by atoms with van der Waals surface area (Å²) in [6.45, 7) is 0.867. The average molecular weight is 400 g/mol. The summed E-state index contributed by atoms with van der Waals surface area (Å²) < 4.78 is 27.8. The molecule has 1 heterocycles. The van der Waals surface area contributed by atoms with Crippen LogP contribution in [-0.2, 0) is 16.2 Å². The van der Waals surface area contributed by atoms with Crippen molar-refractivity contribution in [3.63, 3.8) is 0 Å². The van der Waals surface area contributed by atoms with Crippen LogP contribution in [0.25, 0.3) is 11.0 Å². The molecule has 0 aliphatic rings. The second-order valence-corrected chi connectivity index (χ2v) is 6.70. The second kappa shape index (κ2) is 8.81. The molecule has 0 atom stereocenters. The Morgan fingerprint density at radius 1 is 1.21 bits per heavy atom. The van der Waals surface area contributed by atoms with Gasteiger partial charge in [-0.15, -0.1) is 0 Å². The predicted molar refractivity (Wildman–Crippen MR) is 107 cm³/mol. The van der Waals surface area contributed by atoms with Crippen LogP contribution in [-0.4, -0.2) is 39.7 Å². The zero-order chi connectivity index (χ0) is 21.0. The highest BCUT2D eigenvalue weighted by molar-refractivity contribution is 5.98. The summed E-state index contributed by atoms with van der Waals surface area (Å²) in [6.07, 6.45) is 0. The molecule has 8 heteroatoms. The molecule has 0 saturated heterocycles. The zero-order valence-corrected chi connectivity index (χ0v) is 16.5. The topological polar surface area (TPSA) is 59.7 Å².